The molecule has 0 spiro atoms. The van der Waals surface area contributed by atoms with Crippen molar-refractivity contribution in [3.05, 3.63) is 64.7 Å². The van der Waals surface area contributed by atoms with Gasteiger partial charge in [-0.1, -0.05) is 37.3 Å². The monoisotopic (exact) mass is 276 g/mol. The fraction of sp³-hybridized carbons (Fsp3) is 0.316. The Labute approximate surface area is 126 Å². The van der Waals surface area contributed by atoms with Crippen molar-refractivity contribution in [3.8, 4) is 6.07 Å². The van der Waals surface area contributed by atoms with Crippen molar-refractivity contribution in [2.75, 3.05) is 5.32 Å². The molecule has 2 aromatic carbocycles. The normalized spacial score (nSPS) is 20.4. The molecule has 2 aromatic rings. The molecule has 106 valence electrons. The van der Waals surface area contributed by atoms with Crippen molar-refractivity contribution in [1.82, 2.24) is 0 Å². The van der Waals surface area contributed by atoms with Gasteiger partial charge in [-0.25, -0.2) is 0 Å². The number of nitrogens with one attached hydrogen (secondary N) is 1. The summed E-state index contributed by atoms with van der Waals surface area (Å²) in [6.07, 6.45) is 2.33. The number of nitrogens with zero attached hydrogens (tertiary/aromatic N) is 1. The summed E-state index contributed by atoms with van der Waals surface area (Å²) >= 11 is 0. The third-order valence-corrected chi connectivity index (χ3v) is 4.49. The molecule has 1 aliphatic carbocycles. The van der Waals surface area contributed by atoms with Crippen LogP contribution >= 0.6 is 0 Å². The van der Waals surface area contributed by atoms with Gasteiger partial charge in [0.1, 0.15) is 0 Å². The molecule has 0 aromatic heterocycles. The van der Waals surface area contributed by atoms with E-state index in [-0.39, 0.29) is 0 Å². The SMILES string of the molecule is Cc1ccc(C#N)cc1NC1CCC(C)c2ccccc21. The molecule has 1 N–H and O–H groups in total. The second-order valence-electron chi connectivity index (χ2n) is 5.95. The van der Waals surface area contributed by atoms with E-state index in [9.17, 15) is 0 Å². The van der Waals surface area contributed by atoms with Gasteiger partial charge in [0.05, 0.1) is 17.7 Å². The number of fused-ring (bicyclic) bond motifs is 1. The minimum absolute atomic E-state index is 0.338. The van der Waals surface area contributed by atoms with Crippen LogP contribution in [0, 0.1) is 18.3 Å². The van der Waals surface area contributed by atoms with Gasteiger partial charge in [-0.05, 0) is 54.5 Å². The van der Waals surface area contributed by atoms with Gasteiger partial charge in [-0.3, -0.25) is 0 Å². The van der Waals surface area contributed by atoms with Crippen LogP contribution in [0.4, 0.5) is 5.69 Å². The van der Waals surface area contributed by atoms with Gasteiger partial charge in [0.2, 0.25) is 0 Å². The lowest BCUT2D eigenvalue weighted by atomic mass is 9.81. The first kappa shape index (κ1) is 13.7. The maximum Gasteiger partial charge on any atom is 0.0992 e. The van der Waals surface area contributed by atoms with E-state index in [1.54, 1.807) is 0 Å². The van der Waals surface area contributed by atoms with E-state index in [0.29, 0.717) is 17.5 Å². The highest BCUT2D eigenvalue weighted by Gasteiger charge is 2.24. The topological polar surface area (TPSA) is 35.8 Å². The molecule has 2 atom stereocenters. The van der Waals surface area contributed by atoms with Gasteiger partial charge in [0, 0.05) is 5.69 Å². The van der Waals surface area contributed by atoms with E-state index >= 15 is 0 Å². The molecule has 2 unspecified atom stereocenters. The van der Waals surface area contributed by atoms with Crippen molar-refractivity contribution in [2.45, 2.75) is 38.6 Å². The van der Waals surface area contributed by atoms with Crippen LogP contribution in [0.1, 0.15) is 54.0 Å². The third kappa shape index (κ3) is 2.64. The molecule has 0 radical (unpaired) electrons. The summed E-state index contributed by atoms with van der Waals surface area (Å²) in [5, 5.41) is 12.7. The predicted molar refractivity (Wildman–Crippen MR) is 86.3 cm³/mol. The number of nitriles is 1. The summed E-state index contributed by atoms with van der Waals surface area (Å²) in [4.78, 5) is 0. The lowest BCUT2D eigenvalue weighted by molar-refractivity contribution is 0.534. The van der Waals surface area contributed by atoms with Crippen LogP contribution in [0.2, 0.25) is 0 Å². The van der Waals surface area contributed by atoms with Gasteiger partial charge >= 0.3 is 0 Å². The molecule has 0 amide bonds. The van der Waals surface area contributed by atoms with Crippen LogP contribution in [0.15, 0.2) is 42.5 Å². The van der Waals surface area contributed by atoms with Crippen LogP contribution in [0.5, 0.6) is 0 Å². The zero-order valence-corrected chi connectivity index (χ0v) is 12.6. The molecule has 1 aliphatic rings. The lowest BCUT2D eigenvalue weighted by Crippen LogP contribution is -2.19. The smallest absolute Gasteiger partial charge is 0.0992 e. The maximum absolute atomic E-state index is 9.07. The Kier molecular flexibility index (Phi) is 3.66. The summed E-state index contributed by atoms with van der Waals surface area (Å²) in [5.41, 5.74) is 5.82. The largest absolute Gasteiger partial charge is 0.378 e. The Balaban J connectivity index is 1.93. The van der Waals surface area contributed by atoms with Crippen molar-refractivity contribution < 1.29 is 0 Å². The highest BCUT2D eigenvalue weighted by atomic mass is 14.9. The van der Waals surface area contributed by atoms with Crippen molar-refractivity contribution in [2.24, 2.45) is 0 Å². The first-order chi connectivity index (χ1) is 10.2. The average molecular weight is 276 g/mol. The molecule has 0 bridgehead atoms. The van der Waals surface area contributed by atoms with E-state index in [1.807, 2.05) is 18.2 Å². The van der Waals surface area contributed by atoms with E-state index in [2.05, 4.69) is 49.5 Å². The zero-order valence-electron chi connectivity index (χ0n) is 12.6. The summed E-state index contributed by atoms with van der Waals surface area (Å²) in [5.74, 6) is 0.630. The molecular formula is C19H20N2. The van der Waals surface area contributed by atoms with Crippen LogP contribution in [-0.2, 0) is 0 Å². The van der Waals surface area contributed by atoms with Gasteiger partial charge in [-0.15, -0.1) is 0 Å². The zero-order chi connectivity index (χ0) is 14.8. The fourth-order valence-electron chi connectivity index (χ4n) is 3.19. The molecule has 0 saturated carbocycles. The van der Waals surface area contributed by atoms with Gasteiger partial charge in [0.15, 0.2) is 0 Å². The second-order valence-corrected chi connectivity index (χ2v) is 5.95. The van der Waals surface area contributed by atoms with Crippen LogP contribution in [0.3, 0.4) is 0 Å². The number of anilines is 1. The van der Waals surface area contributed by atoms with E-state index in [1.165, 1.54) is 23.1 Å². The minimum Gasteiger partial charge on any atom is -0.378 e. The van der Waals surface area contributed by atoms with Gasteiger partial charge < -0.3 is 5.32 Å². The van der Waals surface area contributed by atoms with Gasteiger partial charge in [-0.2, -0.15) is 5.26 Å². The average Bonchev–Trinajstić information content (AvgIpc) is 2.52. The molecule has 0 heterocycles. The molecule has 3 rings (SSSR count). The fourth-order valence-corrected chi connectivity index (χ4v) is 3.19. The number of aryl methyl sites for hydroxylation is 1. The highest BCUT2D eigenvalue weighted by molar-refractivity contribution is 5.57. The molecule has 0 aliphatic heterocycles. The van der Waals surface area contributed by atoms with Crippen molar-refractivity contribution >= 4 is 5.69 Å². The number of benzene rings is 2. The summed E-state index contributed by atoms with van der Waals surface area (Å²) < 4.78 is 0. The Hall–Kier alpha value is -2.27. The maximum atomic E-state index is 9.07. The molecule has 21 heavy (non-hydrogen) atoms. The van der Waals surface area contributed by atoms with Crippen molar-refractivity contribution in [3.63, 3.8) is 0 Å². The first-order valence-electron chi connectivity index (χ1n) is 7.55. The quantitative estimate of drug-likeness (QED) is 0.845. The molecule has 2 heteroatoms. The van der Waals surface area contributed by atoms with E-state index in [0.717, 1.165) is 12.1 Å². The highest BCUT2D eigenvalue weighted by Crippen LogP contribution is 2.39. The number of hydrogen-bond acceptors (Lipinski definition) is 2. The summed E-state index contributed by atoms with van der Waals surface area (Å²) in [6.45, 7) is 4.39. The van der Waals surface area contributed by atoms with Crippen molar-refractivity contribution in [1.29, 1.82) is 5.26 Å². The summed E-state index contributed by atoms with van der Waals surface area (Å²) in [6, 6.07) is 17.1. The number of hydrogen-bond donors (Lipinski definition) is 1. The second kappa shape index (κ2) is 5.61. The van der Waals surface area contributed by atoms with Gasteiger partial charge in [0.25, 0.3) is 0 Å². The van der Waals surface area contributed by atoms with Crippen LogP contribution in [-0.4, -0.2) is 0 Å². The first-order valence-corrected chi connectivity index (χ1v) is 7.55. The Morgan fingerprint density at radius 3 is 2.62 bits per heavy atom. The third-order valence-electron chi connectivity index (χ3n) is 4.49. The number of rotatable bonds is 2. The predicted octanol–water partition coefficient (Wildman–Crippen LogP) is 4.92. The van der Waals surface area contributed by atoms with E-state index in [4.69, 9.17) is 5.26 Å². The van der Waals surface area contributed by atoms with E-state index < -0.39 is 0 Å². The van der Waals surface area contributed by atoms with Crippen LogP contribution in [0.25, 0.3) is 0 Å². The molecule has 0 fully saturated rings. The summed E-state index contributed by atoms with van der Waals surface area (Å²) in [7, 11) is 0. The standard InChI is InChI=1S/C19H20N2/c1-13-8-10-18(17-6-4-3-5-16(13)17)21-19-11-15(12-20)9-7-14(19)2/h3-7,9,11,13,18,21H,8,10H2,1-2H3. The Morgan fingerprint density at radius 2 is 1.86 bits per heavy atom. The molecule has 2 nitrogen and oxygen atoms in total. The minimum atomic E-state index is 0.338. The lowest BCUT2D eigenvalue weighted by Gasteiger charge is -2.31. The Morgan fingerprint density at radius 1 is 1.10 bits per heavy atom. The van der Waals surface area contributed by atoms with Crippen LogP contribution < -0.4 is 5.32 Å². The molecular weight excluding hydrogens is 256 g/mol. The Bertz CT molecular complexity index is 697. The molecule has 0 saturated heterocycles.